The van der Waals surface area contributed by atoms with Crippen LogP contribution in [0.5, 0.6) is 0 Å². The van der Waals surface area contributed by atoms with Gasteiger partial charge in [0, 0.05) is 25.2 Å². The average molecular weight is 246 g/mol. The lowest BCUT2D eigenvalue weighted by Gasteiger charge is -2.04. The van der Waals surface area contributed by atoms with Gasteiger partial charge in [0.15, 0.2) is 0 Å². The fourth-order valence-electron chi connectivity index (χ4n) is 1.63. The van der Waals surface area contributed by atoms with Gasteiger partial charge in [-0.25, -0.2) is 0 Å². The zero-order valence-electron chi connectivity index (χ0n) is 11.0. The molecule has 0 aliphatic heterocycles. The Bertz CT molecular complexity index is 507. The van der Waals surface area contributed by atoms with Crippen LogP contribution in [0.1, 0.15) is 25.3 Å². The van der Waals surface area contributed by atoms with Crippen LogP contribution in [-0.4, -0.2) is 27.8 Å². The molecule has 0 aliphatic carbocycles. The van der Waals surface area contributed by atoms with E-state index in [1.54, 1.807) is 6.20 Å². The SMILES string of the molecule is Cc1cccnc1-c1nnc(CCNC(C)C)o1. The Kier molecular flexibility index (Phi) is 4.04. The standard InChI is InChI=1S/C13H18N4O/c1-9(2)14-8-6-11-16-17-13(18-11)12-10(3)5-4-7-15-12/h4-5,7,9,14H,6,8H2,1-3H3. The van der Waals surface area contributed by atoms with Crippen molar-refractivity contribution in [1.82, 2.24) is 20.5 Å². The van der Waals surface area contributed by atoms with E-state index in [1.807, 2.05) is 19.1 Å². The third-order valence-electron chi connectivity index (χ3n) is 2.57. The normalized spacial score (nSPS) is 11.1. The highest BCUT2D eigenvalue weighted by Gasteiger charge is 2.11. The molecule has 0 radical (unpaired) electrons. The molecule has 0 fully saturated rings. The van der Waals surface area contributed by atoms with Crippen LogP contribution in [0.4, 0.5) is 0 Å². The molecule has 0 aliphatic rings. The van der Waals surface area contributed by atoms with Gasteiger partial charge in [-0.2, -0.15) is 0 Å². The zero-order valence-corrected chi connectivity index (χ0v) is 11.0. The van der Waals surface area contributed by atoms with Crippen molar-refractivity contribution in [3.8, 4) is 11.6 Å². The summed E-state index contributed by atoms with van der Waals surface area (Å²) in [6, 6.07) is 4.33. The lowest BCUT2D eigenvalue weighted by molar-refractivity contribution is 0.483. The van der Waals surface area contributed by atoms with Crippen molar-refractivity contribution in [2.45, 2.75) is 33.2 Å². The van der Waals surface area contributed by atoms with Gasteiger partial charge in [0.05, 0.1) is 0 Å². The molecule has 0 amide bonds. The van der Waals surface area contributed by atoms with Gasteiger partial charge in [-0.1, -0.05) is 19.9 Å². The van der Waals surface area contributed by atoms with E-state index in [0.29, 0.717) is 17.8 Å². The zero-order chi connectivity index (χ0) is 13.0. The molecule has 2 rings (SSSR count). The maximum Gasteiger partial charge on any atom is 0.266 e. The summed E-state index contributed by atoms with van der Waals surface area (Å²) in [5, 5.41) is 11.4. The molecule has 18 heavy (non-hydrogen) atoms. The number of nitrogens with zero attached hydrogens (tertiary/aromatic N) is 3. The van der Waals surface area contributed by atoms with Gasteiger partial charge in [0.1, 0.15) is 5.69 Å². The van der Waals surface area contributed by atoms with Crippen LogP contribution in [0, 0.1) is 6.92 Å². The monoisotopic (exact) mass is 246 g/mol. The van der Waals surface area contributed by atoms with E-state index in [4.69, 9.17) is 4.42 Å². The number of aryl methyl sites for hydroxylation is 1. The highest BCUT2D eigenvalue weighted by atomic mass is 16.4. The fraction of sp³-hybridized carbons (Fsp3) is 0.462. The lowest BCUT2D eigenvalue weighted by Crippen LogP contribution is -2.25. The molecule has 0 saturated heterocycles. The number of pyridine rings is 1. The topological polar surface area (TPSA) is 63.8 Å². The molecule has 0 saturated carbocycles. The van der Waals surface area contributed by atoms with Gasteiger partial charge in [0.25, 0.3) is 5.89 Å². The van der Waals surface area contributed by atoms with E-state index >= 15 is 0 Å². The van der Waals surface area contributed by atoms with E-state index in [1.165, 1.54) is 0 Å². The van der Waals surface area contributed by atoms with Gasteiger partial charge >= 0.3 is 0 Å². The number of rotatable bonds is 5. The molecule has 2 heterocycles. The molecular weight excluding hydrogens is 228 g/mol. The molecule has 96 valence electrons. The number of aromatic nitrogens is 3. The summed E-state index contributed by atoms with van der Waals surface area (Å²) in [4.78, 5) is 4.26. The highest BCUT2D eigenvalue weighted by Crippen LogP contribution is 2.18. The Morgan fingerprint density at radius 3 is 2.89 bits per heavy atom. The van der Waals surface area contributed by atoms with Crippen molar-refractivity contribution < 1.29 is 4.42 Å². The second kappa shape index (κ2) is 5.73. The molecule has 0 bridgehead atoms. The van der Waals surface area contributed by atoms with Crippen molar-refractivity contribution in [2.75, 3.05) is 6.54 Å². The van der Waals surface area contributed by atoms with Crippen molar-refractivity contribution >= 4 is 0 Å². The Balaban J connectivity index is 2.04. The average Bonchev–Trinajstić information content (AvgIpc) is 2.78. The molecule has 5 heteroatoms. The van der Waals surface area contributed by atoms with E-state index < -0.39 is 0 Å². The van der Waals surface area contributed by atoms with Gasteiger partial charge in [-0.05, 0) is 18.6 Å². The molecule has 0 unspecified atom stereocenters. The quantitative estimate of drug-likeness (QED) is 0.874. The van der Waals surface area contributed by atoms with Crippen molar-refractivity contribution in [3.05, 3.63) is 29.8 Å². The smallest absolute Gasteiger partial charge is 0.266 e. The first-order valence-electron chi connectivity index (χ1n) is 6.14. The minimum atomic E-state index is 0.463. The Labute approximate surface area is 107 Å². The molecule has 0 aromatic carbocycles. The van der Waals surface area contributed by atoms with Gasteiger partial charge < -0.3 is 9.73 Å². The molecule has 2 aromatic heterocycles. The Morgan fingerprint density at radius 1 is 1.33 bits per heavy atom. The van der Waals surface area contributed by atoms with Crippen LogP contribution in [0.25, 0.3) is 11.6 Å². The first kappa shape index (κ1) is 12.7. The molecule has 5 nitrogen and oxygen atoms in total. The van der Waals surface area contributed by atoms with E-state index in [9.17, 15) is 0 Å². The van der Waals surface area contributed by atoms with Crippen molar-refractivity contribution in [2.24, 2.45) is 0 Å². The van der Waals surface area contributed by atoms with Crippen LogP contribution >= 0.6 is 0 Å². The van der Waals surface area contributed by atoms with Crippen molar-refractivity contribution in [3.63, 3.8) is 0 Å². The summed E-state index contributed by atoms with van der Waals surface area (Å²) in [6.45, 7) is 7.03. The molecule has 2 aromatic rings. The second-order valence-electron chi connectivity index (χ2n) is 4.53. The van der Waals surface area contributed by atoms with E-state index in [2.05, 4.69) is 34.3 Å². The molecule has 0 spiro atoms. The minimum absolute atomic E-state index is 0.463. The van der Waals surface area contributed by atoms with Crippen molar-refractivity contribution in [1.29, 1.82) is 0 Å². The summed E-state index contributed by atoms with van der Waals surface area (Å²) in [5.41, 5.74) is 1.79. The maximum atomic E-state index is 5.61. The fourth-order valence-corrected chi connectivity index (χ4v) is 1.63. The molecule has 0 atom stereocenters. The minimum Gasteiger partial charge on any atom is -0.419 e. The van der Waals surface area contributed by atoms with Crippen LogP contribution in [0.2, 0.25) is 0 Å². The van der Waals surface area contributed by atoms with Crippen LogP contribution in [0.15, 0.2) is 22.7 Å². The van der Waals surface area contributed by atoms with Gasteiger partial charge in [0.2, 0.25) is 5.89 Å². The summed E-state index contributed by atoms with van der Waals surface area (Å²) in [6.07, 6.45) is 2.46. The maximum absolute atomic E-state index is 5.61. The summed E-state index contributed by atoms with van der Waals surface area (Å²) in [7, 11) is 0. The number of nitrogens with one attached hydrogen (secondary N) is 1. The summed E-state index contributed by atoms with van der Waals surface area (Å²) in [5.74, 6) is 1.14. The second-order valence-corrected chi connectivity index (χ2v) is 4.53. The number of hydrogen-bond donors (Lipinski definition) is 1. The summed E-state index contributed by atoms with van der Waals surface area (Å²) >= 11 is 0. The summed E-state index contributed by atoms with van der Waals surface area (Å²) < 4.78 is 5.61. The largest absolute Gasteiger partial charge is 0.419 e. The molecule has 1 N–H and O–H groups in total. The first-order valence-corrected chi connectivity index (χ1v) is 6.14. The predicted octanol–water partition coefficient (Wildman–Crippen LogP) is 1.98. The number of hydrogen-bond acceptors (Lipinski definition) is 5. The molecular formula is C13H18N4O. The van der Waals surface area contributed by atoms with Crippen LogP contribution in [0.3, 0.4) is 0 Å². The van der Waals surface area contributed by atoms with Gasteiger partial charge in [-0.3, -0.25) is 4.98 Å². The lowest BCUT2D eigenvalue weighted by atomic mass is 10.2. The van der Waals surface area contributed by atoms with E-state index in [-0.39, 0.29) is 0 Å². The third kappa shape index (κ3) is 3.13. The van der Waals surface area contributed by atoms with E-state index in [0.717, 1.165) is 24.2 Å². The Morgan fingerprint density at radius 2 is 2.17 bits per heavy atom. The highest BCUT2D eigenvalue weighted by molar-refractivity contribution is 5.51. The van der Waals surface area contributed by atoms with Gasteiger partial charge in [-0.15, -0.1) is 10.2 Å². The Hall–Kier alpha value is -1.75. The van der Waals surface area contributed by atoms with Crippen LogP contribution in [-0.2, 0) is 6.42 Å². The third-order valence-corrected chi connectivity index (χ3v) is 2.57. The predicted molar refractivity (Wildman–Crippen MR) is 69.1 cm³/mol. The first-order chi connectivity index (χ1) is 8.66. The van der Waals surface area contributed by atoms with Crippen LogP contribution < -0.4 is 5.32 Å².